The predicted octanol–water partition coefficient (Wildman–Crippen LogP) is 0.436. The Labute approximate surface area is 119 Å². The lowest BCUT2D eigenvalue weighted by Gasteiger charge is -2.17. The Bertz CT molecular complexity index is 534. The van der Waals surface area contributed by atoms with Crippen LogP contribution in [0.5, 0.6) is 0 Å². The fraction of sp³-hybridized carbons (Fsp3) is 0.267. The lowest BCUT2D eigenvalue weighted by atomic mass is 9.79. The maximum atomic E-state index is 9.17. The van der Waals surface area contributed by atoms with Crippen LogP contribution >= 0.6 is 0 Å². The number of nitrogens with zero attached hydrogens (tertiary/aromatic N) is 2. The average molecular weight is 270 g/mol. The smallest absolute Gasteiger partial charge is 0.423 e. The van der Waals surface area contributed by atoms with Gasteiger partial charge in [-0.2, -0.15) is 0 Å². The van der Waals surface area contributed by atoms with Crippen molar-refractivity contribution in [2.45, 2.75) is 13.0 Å². The van der Waals surface area contributed by atoms with E-state index in [1.807, 2.05) is 30.3 Å². The van der Waals surface area contributed by atoms with Crippen molar-refractivity contribution in [3.05, 3.63) is 59.9 Å². The van der Waals surface area contributed by atoms with E-state index in [0.29, 0.717) is 5.46 Å². The van der Waals surface area contributed by atoms with E-state index >= 15 is 0 Å². The Kier molecular flexibility index (Phi) is 5.29. The van der Waals surface area contributed by atoms with Crippen molar-refractivity contribution in [1.29, 1.82) is 0 Å². The Morgan fingerprint density at radius 2 is 1.85 bits per heavy atom. The molecule has 5 heteroatoms. The summed E-state index contributed by atoms with van der Waals surface area (Å²) in [5, 5.41) is 18.3. The van der Waals surface area contributed by atoms with E-state index in [2.05, 4.69) is 16.9 Å². The van der Waals surface area contributed by atoms with Crippen molar-refractivity contribution >= 4 is 12.6 Å². The minimum Gasteiger partial charge on any atom is -0.423 e. The number of pyridine rings is 1. The summed E-state index contributed by atoms with van der Waals surface area (Å²) in [7, 11) is 0.653. The summed E-state index contributed by atoms with van der Waals surface area (Å²) in [6.45, 7) is 1.72. The summed E-state index contributed by atoms with van der Waals surface area (Å²) in [6.07, 6.45) is 4.59. The first-order chi connectivity index (χ1) is 9.65. The third-order valence-corrected chi connectivity index (χ3v) is 3.23. The van der Waals surface area contributed by atoms with Crippen LogP contribution in [0.1, 0.15) is 11.1 Å². The molecule has 1 heterocycles. The maximum absolute atomic E-state index is 9.17. The monoisotopic (exact) mass is 270 g/mol. The minimum atomic E-state index is -1.41. The van der Waals surface area contributed by atoms with E-state index in [9.17, 15) is 10.0 Å². The van der Waals surface area contributed by atoms with Gasteiger partial charge in [-0.1, -0.05) is 24.3 Å². The Hall–Kier alpha value is -1.69. The van der Waals surface area contributed by atoms with E-state index in [-0.39, 0.29) is 0 Å². The molecule has 20 heavy (non-hydrogen) atoms. The highest BCUT2D eigenvalue weighted by atomic mass is 16.4. The molecule has 0 bridgehead atoms. The summed E-state index contributed by atoms with van der Waals surface area (Å²) in [4.78, 5) is 6.22. The fourth-order valence-corrected chi connectivity index (χ4v) is 2.11. The Morgan fingerprint density at radius 1 is 1.10 bits per heavy atom. The highest BCUT2D eigenvalue weighted by molar-refractivity contribution is 6.58. The molecule has 0 amide bonds. The van der Waals surface area contributed by atoms with Crippen molar-refractivity contribution in [2.24, 2.45) is 0 Å². The van der Waals surface area contributed by atoms with E-state index in [1.54, 1.807) is 18.5 Å². The number of hydrogen-bond acceptors (Lipinski definition) is 4. The highest BCUT2D eigenvalue weighted by Gasteiger charge is 2.11. The van der Waals surface area contributed by atoms with Crippen molar-refractivity contribution in [3.63, 3.8) is 0 Å². The van der Waals surface area contributed by atoms with Gasteiger partial charge in [0.05, 0.1) is 0 Å². The molecule has 1 aromatic carbocycles. The van der Waals surface area contributed by atoms with Crippen LogP contribution in [0.2, 0.25) is 0 Å². The summed E-state index contributed by atoms with van der Waals surface area (Å²) >= 11 is 0. The van der Waals surface area contributed by atoms with Crippen LogP contribution in [-0.4, -0.2) is 40.6 Å². The van der Waals surface area contributed by atoms with E-state index < -0.39 is 7.12 Å². The van der Waals surface area contributed by atoms with Gasteiger partial charge in [0.15, 0.2) is 0 Å². The quantitative estimate of drug-likeness (QED) is 0.748. The number of aromatic nitrogens is 1. The van der Waals surface area contributed by atoms with Crippen molar-refractivity contribution in [2.75, 3.05) is 13.6 Å². The third kappa shape index (κ3) is 4.45. The van der Waals surface area contributed by atoms with Crippen LogP contribution in [0.15, 0.2) is 48.8 Å². The van der Waals surface area contributed by atoms with E-state index in [0.717, 1.165) is 25.1 Å². The molecule has 0 fully saturated rings. The molecule has 4 nitrogen and oxygen atoms in total. The number of likely N-dealkylation sites (N-methyl/N-ethyl adjacent to an activating group) is 1. The number of benzene rings is 1. The van der Waals surface area contributed by atoms with Crippen molar-refractivity contribution in [3.8, 4) is 0 Å². The molecule has 0 aliphatic heterocycles. The normalized spacial score (nSPS) is 10.8. The van der Waals surface area contributed by atoms with Crippen LogP contribution in [0, 0.1) is 0 Å². The summed E-state index contributed by atoms with van der Waals surface area (Å²) in [5.74, 6) is 0. The topological polar surface area (TPSA) is 56.6 Å². The average Bonchev–Trinajstić information content (AvgIpc) is 2.46. The first kappa shape index (κ1) is 14.7. The van der Waals surface area contributed by atoms with Crippen LogP contribution < -0.4 is 5.46 Å². The first-order valence-electron chi connectivity index (χ1n) is 6.67. The standard InChI is InChI=1S/C15H19BN2O2/c1-18(10-7-13-5-8-17-9-6-13)12-14-3-2-4-15(11-14)16(19)20/h2-6,8-9,11,19-20H,7,10,12H2,1H3. The molecule has 0 aliphatic rings. The van der Waals surface area contributed by atoms with Gasteiger partial charge >= 0.3 is 7.12 Å². The van der Waals surface area contributed by atoms with Gasteiger partial charge in [-0.15, -0.1) is 0 Å². The lowest BCUT2D eigenvalue weighted by Crippen LogP contribution is -2.30. The molecule has 1 aromatic heterocycles. The molecule has 0 spiro atoms. The van der Waals surface area contributed by atoms with Gasteiger partial charge in [-0.05, 0) is 42.2 Å². The number of hydrogen-bond donors (Lipinski definition) is 2. The van der Waals surface area contributed by atoms with Gasteiger partial charge in [0.25, 0.3) is 0 Å². The Balaban J connectivity index is 1.88. The molecular weight excluding hydrogens is 251 g/mol. The molecule has 0 atom stereocenters. The van der Waals surface area contributed by atoms with Crippen LogP contribution in [0.25, 0.3) is 0 Å². The molecule has 0 saturated carbocycles. The fourth-order valence-electron chi connectivity index (χ4n) is 2.11. The van der Waals surface area contributed by atoms with Gasteiger partial charge < -0.3 is 14.9 Å². The zero-order chi connectivity index (χ0) is 14.4. The van der Waals surface area contributed by atoms with E-state index in [1.165, 1.54) is 5.56 Å². The van der Waals surface area contributed by atoms with Gasteiger partial charge in [0, 0.05) is 25.5 Å². The van der Waals surface area contributed by atoms with Crippen molar-refractivity contribution in [1.82, 2.24) is 9.88 Å². The second-order valence-corrected chi connectivity index (χ2v) is 4.96. The number of rotatable bonds is 6. The minimum absolute atomic E-state index is 0.532. The predicted molar refractivity (Wildman–Crippen MR) is 80.5 cm³/mol. The summed E-state index contributed by atoms with van der Waals surface area (Å²) in [5.41, 5.74) is 2.88. The van der Waals surface area contributed by atoms with E-state index in [4.69, 9.17) is 0 Å². The summed E-state index contributed by atoms with van der Waals surface area (Å²) in [6, 6.07) is 11.4. The molecule has 0 aliphatic carbocycles. The molecule has 2 aromatic rings. The third-order valence-electron chi connectivity index (χ3n) is 3.23. The molecule has 0 radical (unpaired) electrons. The molecule has 104 valence electrons. The van der Waals surface area contributed by atoms with Crippen LogP contribution in [-0.2, 0) is 13.0 Å². The SMILES string of the molecule is CN(CCc1ccncc1)Cc1cccc(B(O)O)c1. The van der Waals surface area contributed by atoms with Gasteiger partial charge in [0.2, 0.25) is 0 Å². The largest absolute Gasteiger partial charge is 0.488 e. The van der Waals surface area contributed by atoms with Crippen LogP contribution in [0.3, 0.4) is 0 Å². The molecule has 0 unspecified atom stereocenters. The molecule has 2 N–H and O–H groups in total. The molecule has 2 rings (SSSR count). The van der Waals surface area contributed by atoms with Gasteiger partial charge in [-0.25, -0.2) is 0 Å². The highest BCUT2D eigenvalue weighted by Crippen LogP contribution is 2.04. The Morgan fingerprint density at radius 3 is 2.55 bits per heavy atom. The first-order valence-corrected chi connectivity index (χ1v) is 6.67. The second kappa shape index (κ2) is 7.19. The zero-order valence-electron chi connectivity index (χ0n) is 11.6. The van der Waals surface area contributed by atoms with Crippen molar-refractivity contribution < 1.29 is 10.0 Å². The van der Waals surface area contributed by atoms with Gasteiger partial charge in [-0.3, -0.25) is 4.98 Å². The zero-order valence-corrected chi connectivity index (χ0v) is 11.6. The second-order valence-electron chi connectivity index (χ2n) is 4.96. The maximum Gasteiger partial charge on any atom is 0.488 e. The van der Waals surface area contributed by atoms with Gasteiger partial charge in [0.1, 0.15) is 0 Å². The molecular formula is C15H19BN2O2. The lowest BCUT2D eigenvalue weighted by molar-refractivity contribution is 0.331. The summed E-state index contributed by atoms with van der Waals surface area (Å²) < 4.78 is 0. The molecule has 0 saturated heterocycles. The van der Waals surface area contributed by atoms with Crippen LogP contribution in [0.4, 0.5) is 0 Å².